The minimum atomic E-state index is -0.472. The van der Waals surface area contributed by atoms with Crippen LogP contribution in [-0.2, 0) is 9.59 Å². The van der Waals surface area contributed by atoms with Crippen LogP contribution in [0.4, 0.5) is 11.4 Å². The van der Waals surface area contributed by atoms with E-state index in [1.165, 1.54) is 6.92 Å². The molecule has 2 N–H and O–H groups in total. The molecular weight excluding hydrogens is 336 g/mol. The molecule has 134 valence electrons. The van der Waals surface area contributed by atoms with Crippen LogP contribution < -0.4 is 20.1 Å². The van der Waals surface area contributed by atoms with Gasteiger partial charge in [-0.2, -0.15) is 0 Å². The molecule has 0 aromatic heterocycles. The van der Waals surface area contributed by atoms with Gasteiger partial charge in [0.05, 0.1) is 0 Å². The minimum Gasteiger partial charge on any atom is -0.486 e. The quantitative estimate of drug-likeness (QED) is 0.636. The zero-order valence-electron chi connectivity index (χ0n) is 14.2. The summed E-state index contributed by atoms with van der Waals surface area (Å²) >= 11 is 0. The molecule has 1 heterocycles. The lowest BCUT2D eigenvalue weighted by atomic mass is 10.1. The van der Waals surface area contributed by atoms with E-state index in [0.717, 1.165) is 0 Å². The van der Waals surface area contributed by atoms with Gasteiger partial charge in [0.2, 0.25) is 11.8 Å². The molecule has 26 heavy (non-hydrogen) atoms. The van der Waals surface area contributed by atoms with Gasteiger partial charge in [-0.25, -0.2) is 0 Å². The number of hydrogen-bond acceptors (Lipinski definition) is 5. The van der Waals surface area contributed by atoms with E-state index in [1.807, 2.05) is 0 Å². The Morgan fingerprint density at radius 1 is 0.885 bits per heavy atom. The number of amides is 2. The summed E-state index contributed by atoms with van der Waals surface area (Å²) in [6, 6.07) is 11.6. The molecule has 0 saturated heterocycles. The highest BCUT2D eigenvalue weighted by Gasteiger charge is 2.14. The molecule has 0 fully saturated rings. The number of nitrogens with one attached hydrogen (secondary N) is 2. The second-order valence-electron chi connectivity index (χ2n) is 5.77. The zero-order valence-corrected chi connectivity index (χ0v) is 14.2. The lowest BCUT2D eigenvalue weighted by Crippen LogP contribution is -2.22. The summed E-state index contributed by atoms with van der Waals surface area (Å²) in [5, 5.41) is 5.26. The van der Waals surface area contributed by atoms with Crippen LogP contribution in [0.25, 0.3) is 0 Å². The van der Waals surface area contributed by atoms with Crippen LogP contribution in [0.2, 0.25) is 0 Å². The summed E-state index contributed by atoms with van der Waals surface area (Å²) in [7, 11) is 0. The first-order chi connectivity index (χ1) is 12.5. The van der Waals surface area contributed by atoms with Gasteiger partial charge < -0.3 is 20.1 Å². The number of ether oxygens (including phenoxy) is 2. The van der Waals surface area contributed by atoms with Crippen molar-refractivity contribution >= 4 is 29.0 Å². The average molecular weight is 354 g/mol. The van der Waals surface area contributed by atoms with Gasteiger partial charge in [0, 0.05) is 23.0 Å². The molecule has 0 atom stereocenters. The van der Waals surface area contributed by atoms with Gasteiger partial charge in [0.15, 0.2) is 17.3 Å². The van der Waals surface area contributed by atoms with E-state index in [0.29, 0.717) is 41.7 Å². The van der Waals surface area contributed by atoms with Gasteiger partial charge in [0.25, 0.3) is 0 Å². The molecule has 0 saturated carbocycles. The third-order valence-electron chi connectivity index (χ3n) is 3.70. The Hall–Kier alpha value is -3.35. The highest BCUT2D eigenvalue weighted by Crippen LogP contribution is 2.32. The first-order valence-corrected chi connectivity index (χ1v) is 8.11. The molecular formula is C19H18N2O5. The third kappa shape index (κ3) is 4.38. The fourth-order valence-electron chi connectivity index (χ4n) is 2.49. The number of benzene rings is 2. The Morgan fingerprint density at radius 2 is 1.54 bits per heavy atom. The zero-order chi connectivity index (χ0) is 18.5. The summed E-state index contributed by atoms with van der Waals surface area (Å²) in [6.45, 7) is 2.39. The van der Waals surface area contributed by atoms with E-state index in [9.17, 15) is 14.4 Å². The number of rotatable bonds is 5. The third-order valence-corrected chi connectivity index (χ3v) is 3.70. The van der Waals surface area contributed by atoms with Crippen LogP contribution in [0.1, 0.15) is 23.7 Å². The van der Waals surface area contributed by atoms with Crippen LogP contribution in [0.15, 0.2) is 42.5 Å². The lowest BCUT2D eigenvalue weighted by Gasteiger charge is -2.19. The molecule has 0 aliphatic carbocycles. The van der Waals surface area contributed by atoms with Gasteiger partial charge in [-0.1, -0.05) is 12.1 Å². The van der Waals surface area contributed by atoms with E-state index >= 15 is 0 Å². The van der Waals surface area contributed by atoms with E-state index in [4.69, 9.17) is 9.47 Å². The molecule has 7 heteroatoms. The van der Waals surface area contributed by atoms with Crippen LogP contribution in [-0.4, -0.2) is 30.8 Å². The first-order valence-electron chi connectivity index (χ1n) is 8.11. The Labute approximate surface area is 150 Å². The number of Topliss-reactive ketones (excluding diaryl/α,β-unsaturated/α-hetero) is 1. The number of fused-ring (bicyclic) bond motifs is 1. The minimum absolute atomic E-state index is 0.0996. The number of carbonyl (C=O) groups excluding carboxylic acids is 3. The highest BCUT2D eigenvalue weighted by molar-refractivity contribution is 6.08. The van der Waals surface area contributed by atoms with Crippen molar-refractivity contribution in [3.63, 3.8) is 0 Å². The van der Waals surface area contributed by atoms with Crippen molar-refractivity contribution < 1.29 is 23.9 Å². The summed E-state index contributed by atoms with van der Waals surface area (Å²) in [5.41, 5.74) is 1.48. The molecule has 0 radical (unpaired) electrons. The maximum Gasteiger partial charge on any atom is 0.233 e. The van der Waals surface area contributed by atoms with Crippen LogP contribution in [0.3, 0.4) is 0 Å². The number of carbonyl (C=O) groups is 3. The fraction of sp³-hybridized carbons (Fsp3) is 0.211. The molecule has 2 aromatic carbocycles. The second-order valence-corrected chi connectivity index (χ2v) is 5.77. The number of anilines is 2. The molecule has 0 unspecified atom stereocenters. The Kier molecular flexibility index (Phi) is 5.17. The maximum absolute atomic E-state index is 12.1. The molecule has 7 nitrogen and oxygen atoms in total. The molecule has 0 bridgehead atoms. The van der Waals surface area contributed by atoms with E-state index < -0.39 is 11.8 Å². The topological polar surface area (TPSA) is 93.7 Å². The van der Waals surface area contributed by atoms with Crippen molar-refractivity contribution in [2.45, 2.75) is 13.3 Å². The van der Waals surface area contributed by atoms with E-state index in [1.54, 1.807) is 42.5 Å². The Balaban J connectivity index is 1.57. The van der Waals surface area contributed by atoms with Gasteiger partial charge >= 0.3 is 0 Å². The predicted octanol–water partition coefficient (Wildman–Crippen LogP) is 2.63. The van der Waals surface area contributed by atoms with Crippen molar-refractivity contribution in [2.24, 2.45) is 0 Å². The largest absolute Gasteiger partial charge is 0.486 e. The van der Waals surface area contributed by atoms with E-state index in [2.05, 4.69) is 10.6 Å². The standard InChI is InChI=1S/C19H18N2O5/c1-12(22)13-3-2-4-14(9-13)20-18(23)11-19(24)21-15-5-6-16-17(10-15)26-8-7-25-16/h2-6,9-10H,7-8,11H2,1H3,(H,20,23)(H,21,24). The summed E-state index contributed by atoms with van der Waals surface area (Å²) < 4.78 is 10.9. The Morgan fingerprint density at radius 3 is 2.23 bits per heavy atom. The normalized spacial score (nSPS) is 12.2. The van der Waals surface area contributed by atoms with Gasteiger partial charge in [0.1, 0.15) is 19.6 Å². The van der Waals surface area contributed by atoms with Crippen molar-refractivity contribution in [1.29, 1.82) is 0 Å². The number of hydrogen-bond donors (Lipinski definition) is 2. The van der Waals surface area contributed by atoms with E-state index in [-0.39, 0.29) is 12.2 Å². The molecule has 1 aliphatic rings. The lowest BCUT2D eigenvalue weighted by molar-refractivity contribution is -0.123. The van der Waals surface area contributed by atoms with Crippen LogP contribution in [0, 0.1) is 0 Å². The maximum atomic E-state index is 12.1. The molecule has 3 rings (SSSR count). The summed E-state index contributed by atoms with van der Waals surface area (Å²) in [6.07, 6.45) is -0.348. The highest BCUT2D eigenvalue weighted by atomic mass is 16.6. The van der Waals surface area contributed by atoms with Crippen molar-refractivity contribution in [1.82, 2.24) is 0 Å². The molecule has 0 spiro atoms. The summed E-state index contributed by atoms with van der Waals surface area (Å²) in [4.78, 5) is 35.5. The van der Waals surface area contributed by atoms with Gasteiger partial charge in [-0.15, -0.1) is 0 Å². The number of ketones is 1. The van der Waals surface area contributed by atoms with Crippen LogP contribution in [0.5, 0.6) is 11.5 Å². The second kappa shape index (κ2) is 7.69. The van der Waals surface area contributed by atoms with Gasteiger partial charge in [-0.3, -0.25) is 14.4 Å². The predicted molar refractivity (Wildman–Crippen MR) is 95.8 cm³/mol. The summed E-state index contributed by atoms with van der Waals surface area (Å²) in [5.74, 6) is 0.150. The molecule has 2 aromatic rings. The Bertz CT molecular complexity index is 863. The monoisotopic (exact) mass is 354 g/mol. The van der Waals surface area contributed by atoms with Crippen LogP contribution >= 0.6 is 0 Å². The molecule has 1 aliphatic heterocycles. The first kappa shape index (κ1) is 17.5. The molecule has 2 amide bonds. The van der Waals surface area contributed by atoms with Crippen molar-refractivity contribution in [3.8, 4) is 11.5 Å². The SMILES string of the molecule is CC(=O)c1cccc(NC(=O)CC(=O)Nc2ccc3c(c2)OCCO3)c1. The van der Waals surface area contributed by atoms with Gasteiger partial charge in [-0.05, 0) is 31.2 Å². The smallest absolute Gasteiger partial charge is 0.233 e. The average Bonchev–Trinajstić information content (AvgIpc) is 2.61. The van der Waals surface area contributed by atoms with Crippen molar-refractivity contribution in [3.05, 3.63) is 48.0 Å². The van der Waals surface area contributed by atoms with Crippen molar-refractivity contribution in [2.75, 3.05) is 23.8 Å². The fourth-order valence-corrected chi connectivity index (χ4v) is 2.49.